The molecule has 4 rings (SSSR count). The van der Waals surface area contributed by atoms with Crippen LogP contribution in [0.4, 0.5) is 0 Å². The summed E-state index contributed by atoms with van der Waals surface area (Å²) < 4.78 is 5.33. The Hall–Kier alpha value is -1.66. The minimum atomic E-state index is -0.0634. The SMILES string of the molecule is O=C(N[C@H]1CCN2CCCC[C@H]12)c1csc(-c2ccco2)n1. The van der Waals surface area contributed by atoms with Gasteiger partial charge in [0.25, 0.3) is 5.91 Å². The molecule has 116 valence electrons. The lowest BCUT2D eigenvalue weighted by Gasteiger charge is -2.32. The van der Waals surface area contributed by atoms with E-state index in [1.165, 1.54) is 37.1 Å². The molecule has 2 saturated heterocycles. The molecule has 0 aromatic carbocycles. The van der Waals surface area contributed by atoms with Gasteiger partial charge in [-0.3, -0.25) is 9.69 Å². The molecule has 2 aromatic heterocycles. The van der Waals surface area contributed by atoms with Gasteiger partial charge in [0.05, 0.1) is 6.26 Å². The average Bonchev–Trinajstić information content (AvgIpc) is 3.28. The van der Waals surface area contributed by atoms with Crippen LogP contribution in [0.15, 0.2) is 28.2 Å². The molecule has 2 aromatic rings. The predicted molar refractivity (Wildman–Crippen MR) is 84.9 cm³/mol. The van der Waals surface area contributed by atoms with Gasteiger partial charge in [0.1, 0.15) is 5.69 Å². The van der Waals surface area contributed by atoms with Crippen LogP contribution in [-0.2, 0) is 0 Å². The van der Waals surface area contributed by atoms with Crippen molar-refractivity contribution in [1.82, 2.24) is 15.2 Å². The van der Waals surface area contributed by atoms with Crippen molar-refractivity contribution in [3.05, 3.63) is 29.5 Å². The Morgan fingerprint density at radius 1 is 1.36 bits per heavy atom. The number of thiazole rings is 1. The number of piperidine rings is 1. The topological polar surface area (TPSA) is 58.4 Å². The lowest BCUT2D eigenvalue weighted by atomic mass is 9.99. The van der Waals surface area contributed by atoms with Crippen molar-refractivity contribution < 1.29 is 9.21 Å². The Balaban J connectivity index is 1.44. The highest BCUT2D eigenvalue weighted by Gasteiger charge is 2.36. The molecule has 22 heavy (non-hydrogen) atoms. The zero-order valence-electron chi connectivity index (χ0n) is 12.3. The predicted octanol–water partition coefficient (Wildman–Crippen LogP) is 2.76. The van der Waals surface area contributed by atoms with Crippen molar-refractivity contribution in [2.24, 2.45) is 0 Å². The maximum atomic E-state index is 12.4. The molecule has 6 heteroatoms. The fourth-order valence-electron chi connectivity index (χ4n) is 3.55. The Bertz CT molecular complexity index is 652. The Kier molecular flexibility index (Phi) is 3.72. The second kappa shape index (κ2) is 5.85. The number of amides is 1. The molecule has 0 bridgehead atoms. The number of furan rings is 1. The minimum Gasteiger partial charge on any atom is -0.462 e. The Labute approximate surface area is 133 Å². The van der Waals surface area contributed by atoms with E-state index in [-0.39, 0.29) is 11.9 Å². The van der Waals surface area contributed by atoms with Crippen LogP contribution in [0, 0.1) is 0 Å². The van der Waals surface area contributed by atoms with Crippen molar-refractivity contribution in [1.29, 1.82) is 0 Å². The number of hydrogen-bond acceptors (Lipinski definition) is 5. The van der Waals surface area contributed by atoms with Crippen LogP contribution in [-0.4, -0.2) is 41.0 Å². The third kappa shape index (κ3) is 2.57. The highest BCUT2D eigenvalue weighted by molar-refractivity contribution is 7.13. The number of carbonyl (C=O) groups is 1. The number of hydrogen-bond donors (Lipinski definition) is 1. The summed E-state index contributed by atoms with van der Waals surface area (Å²) in [5, 5.41) is 5.74. The average molecular weight is 317 g/mol. The zero-order chi connectivity index (χ0) is 14.9. The monoisotopic (exact) mass is 317 g/mol. The molecule has 2 aliphatic heterocycles. The number of aromatic nitrogens is 1. The highest BCUT2D eigenvalue weighted by Crippen LogP contribution is 2.28. The first-order chi connectivity index (χ1) is 10.8. The van der Waals surface area contributed by atoms with E-state index >= 15 is 0 Å². The van der Waals surface area contributed by atoms with Crippen LogP contribution in [0.1, 0.15) is 36.2 Å². The maximum absolute atomic E-state index is 12.4. The molecule has 4 heterocycles. The quantitative estimate of drug-likeness (QED) is 0.945. The van der Waals surface area contributed by atoms with Gasteiger partial charge in [-0.25, -0.2) is 4.98 Å². The molecule has 2 fully saturated rings. The summed E-state index contributed by atoms with van der Waals surface area (Å²) in [5.41, 5.74) is 0.491. The van der Waals surface area contributed by atoms with Gasteiger partial charge in [0.15, 0.2) is 10.8 Å². The van der Waals surface area contributed by atoms with Gasteiger partial charge >= 0.3 is 0 Å². The van der Waals surface area contributed by atoms with Crippen molar-refractivity contribution in [2.75, 3.05) is 13.1 Å². The van der Waals surface area contributed by atoms with E-state index in [2.05, 4.69) is 15.2 Å². The van der Waals surface area contributed by atoms with Gasteiger partial charge in [-0.05, 0) is 37.9 Å². The summed E-state index contributed by atoms with van der Waals surface area (Å²) in [5.74, 6) is 0.648. The van der Waals surface area contributed by atoms with Gasteiger partial charge in [0.2, 0.25) is 0 Å². The zero-order valence-corrected chi connectivity index (χ0v) is 13.1. The molecular formula is C16H19N3O2S. The van der Waals surface area contributed by atoms with Crippen molar-refractivity contribution >= 4 is 17.2 Å². The van der Waals surface area contributed by atoms with Gasteiger partial charge in [-0.15, -0.1) is 11.3 Å². The molecule has 0 radical (unpaired) electrons. The minimum absolute atomic E-state index is 0.0634. The Morgan fingerprint density at radius 3 is 3.18 bits per heavy atom. The van der Waals surface area contributed by atoms with Crippen LogP contribution in [0.25, 0.3) is 10.8 Å². The van der Waals surface area contributed by atoms with Gasteiger partial charge in [-0.1, -0.05) is 6.42 Å². The third-order valence-electron chi connectivity index (χ3n) is 4.64. The largest absolute Gasteiger partial charge is 0.462 e. The third-order valence-corrected chi connectivity index (χ3v) is 5.50. The van der Waals surface area contributed by atoms with Crippen LogP contribution in [0.2, 0.25) is 0 Å². The summed E-state index contributed by atoms with van der Waals surface area (Å²) in [6, 6.07) is 4.46. The van der Waals surface area contributed by atoms with Crippen LogP contribution >= 0.6 is 11.3 Å². The van der Waals surface area contributed by atoms with Gasteiger partial charge in [-0.2, -0.15) is 0 Å². The lowest BCUT2D eigenvalue weighted by molar-refractivity contribution is 0.0911. The van der Waals surface area contributed by atoms with Crippen molar-refractivity contribution in [2.45, 2.75) is 37.8 Å². The van der Waals surface area contributed by atoms with E-state index in [1.807, 2.05) is 12.1 Å². The summed E-state index contributed by atoms with van der Waals surface area (Å²) >= 11 is 1.44. The summed E-state index contributed by atoms with van der Waals surface area (Å²) in [4.78, 5) is 19.4. The lowest BCUT2D eigenvalue weighted by Crippen LogP contribution is -2.46. The molecule has 1 amide bonds. The molecule has 2 atom stereocenters. The number of fused-ring (bicyclic) bond motifs is 1. The highest BCUT2D eigenvalue weighted by atomic mass is 32.1. The molecule has 1 N–H and O–H groups in total. The maximum Gasteiger partial charge on any atom is 0.271 e. The fourth-order valence-corrected chi connectivity index (χ4v) is 4.32. The van der Waals surface area contributed by atoms with E-state index in [4.69, 9.17) is 4.42 Å². The summed E-state index contributed by atoms with van der Waals surface area (Å²) in [6.07, 6.45) is 6.42. The van der Waals surface area contributed by atoms with E-state index in [9.17, 15) is 4.79 Å². The van der Waals surface area contributed by atoms with Crippen LogP contribution < -0.4 is 5.32 Å². The molecule has 0 unspecified atom stereocenters. The van der Waals surface area contributed by atoms with Crippen molar-refractivity contribution in [3.63, 3.8) is 0 Å². The van der Waals surface area contributed by atoms with E-state index in [1.54, 1.807) is 11.6 Å². The summed E-state index contributed by atoms with van der Waals surface area (Å²) in [6.45, 7) is 2.28. The number of nitrogens with zero attached hydrogens (tertiary/aromatic N) is 2. The van der Waals surface area contributed by atoms with Crippen LogP contribution in [0.5, 0.6) is 0 Å². The smallest absolute Gasteiger partial charge is 0.271 e. The standard InChI is InChI=1S/C16H19N3O2S/c20-15(12-10-22-16(18-12)14-5-3-9-21-14)17-11-6-8-19-7-2-1-4-13(11)19/h3,5,9-11,13H,1-2,4,6-8H2,(H,17,20)/t11-,13+/m0/s1. The summed E-state index contributed by atoms with van der Waals surface area (Å²) in [7, 11) is 0. The first-order valence-corrected chi connectivity index (χ1v) is 8.73. The molecule has 5 nitrogen and oxygen atoms in total. The molecule has 2 aliphatic rings. The number of rotatable bonds is 3. The van der Waals surface area contributed by atoms with E-state index in [0.29, 0.717) is 17.5 Å². The van der Waals surface area contributed by atoms with E-state index < -0.39 is 0 Å². The molecule has 0 spiro atoms. The van der Waals surface area contributed by atoms with Gasteiger partial charge in [0, 0.05) is 24.0 Å². The molecular weight excluding hydrogens is 298 g/mol. The molecule has 0 saturated carbocycles. The Morgan fingerprint density at radius 2 is 2.32 bits per heavy atom. The van der Waals surface area contributed by atoms with E-state index in [0.717, 1.165) is 18.0 Å². The first-order valence-electron chi connectivity index (χ1n) is 7.85. The second-order valence-corrected chi connectivity index (χ2v) is 6.84. The number of nitrogens with one attached hydrogen (secondary N) is 1. The first kappa shape index (κ1) is 14.0. The normalized spacial score (nSPS) is 25.1. The van der Waals surface area contributed by atoms with Crippen molar-refractivity contribution in [3.8, 4) is 10.8 Å². The number of carbonyl (C=O) groups excluding carboxylic acids is 1. The van der Waals surface area contributed by atoms with Crippen LogP contribution in [0.3, 0.4) is 0 Å². The fraction of sp³-hybridized carbons (Fsp3) is 0.500. The second-order valence-electron chi connectivity index (χ2n) is 5.98. The van der Waals surface area contributed by atoms with Gasteiger partial charge < -0.3 is 9.73 Å². The molecule has 0 aliphatic carbocycles.